The van der Waals surface area contributed by atoms with E-state index in [1.54, 1.807) is 58.1 Å². The Balaban J connectivity index is 0.000000186. The second-order valence-electron chi connectivity index (χ2n) is 29.3. The van der Waals surface area contributed by atoms with Crippen molar-refractivity contribution in [1.82, 2.24) is 28.4 Å². The normalized spacial score (nSPS) is 22.0. The number of aryl methyl sites for hydroxylation is 1. The Bertz CT molecular complexity index is 5200. The van der Waals surface area contributed by atoms with Crippen molar-refractivity contribution in [3.63, 3.8) is 0 Å². The highest BCUT2D eigenvalue weighted by Gasteiger charge is 2.67. The van der Waals surface area contributed by atoms with Gasteiger partial charge in [0.1, 0.15) is 69.8 Å². The van der Waals surface area contributed by atoms with Gasteiger partial charge < -0.3 is 56.4 Å². The van der Waals surface area contributed by atoms with Gasteiger partial charge in [-0.2, -0.15) is 0 Å². The third-order valence-corrected chi connectivity index (χ3v) is 32.4. The van der Waals surface area contributed by atoms with E-state index in [-0.39, 0.29) is 36.7 Å². The van der Waals surface area contributed by atoms with Crippen LogP contribution in [0.5, 0.6) is 23.0 Å². The van der Waals surface area contributed by atoms with Crippen LogP contribution < -0.4 is 41.4 Å². The number of methoxy groups -OCH3 is 4. The standard InChI is InChI=1S/C45H48N3O9PS2.C44H46N3O9PS2/c1-31-28-48(43(51)46-40(31)49)41-38-39(57-58(47-24-10-11-25-47)60-27-26-59-42(50)32-12-6-4-7-13-32)44(56-41,29-54-38)30-55-45(33-14-8-5-9-15-33,34-16-20-36(52-2)21-17-34)35-18-22-37(53-3)23-19-35;1-51-35-19-15-33(16-20-35)44(32-13-7-4-8-14-32,34-17-21-36(52-2)22-18-34)54-30-43-29-53-38(40(55-43)47-26-23-37(48)45-42(47)50)39(43)56-57(46-24-9-10-25-46)59-28-27-58-41(49)31-11-5-3-6-12-31/h4-9,12-23,28,38-39,41H,10-11,24-27,29-30H2,1-3H3,(H,46,49,51);3-8,11-23,26,38-40H,9-10,24-25,27-30H2,1-2H3,(H,45,48,50)/t38?,39-,41-,44-,58?;38?,39-,40-,43-,57?/m11/s1. The maximum atomic E-state index is 13.4. The molecule has 10 aromatic rings. The molecule has 0 radical (unpaired) electrons. The summed E-state index contributed by atoms with van der Waals surface area (Å²) in [6.07, 6.45) is 2.61. The number of fused-ring (bicyclic) bond motifs is 4. The first-order valence-corrected chi connectivity index (χ1v) is 47.0. The number of rotatable bonds is 34. The smallest absolute Gasteiger partial charge is 0.330 e. The molecule has 4 bridgehead atoms. The molecular weight excluding hydrogens is 1630 g/mol. The van der Waals surface area contributed by atoms with Crippen molar-refractivity contribution in [2.24, 2.45) is 0 Å². The Labute approximate surface area is 708 Å². The first-order chi connectivity index (χ1) is 58.1. The van der Waals surface area contributed by atoms with Crippen LogP contribution >= 0.6 is 61.3 Å². The Morgan fingerprint density at radius 2 is 0.790 bits per heavy atom. The molecule has 4 unspecified atom stereocenters. The number of H-pyrrole nitrogens is 2. The summed E-state index contributed by atoms with van der Waals surface area (Å²) in [5.74, 6) is 5.40. The number of hydrogen-bond donors (Lipinski definition) is 2. The van der Waals surface area contributed by atoms with Crippen molar-refractivity contribution in [3.8, 4) is 23.0 Å². The van der Waals surface area contributed by atoms with E-state index < -0.39 is 96.8 Å². The predicted molar refractivity (Wildman–Crippen MR) is 466 cm³/mol. The summed E-state index contributed by atoms with van der Waals surface area (Å²) in [4.78, 5) is 82.1. The Hall–Kier alpha value is -8.48. The third kappa shape index (κ3) is 18.7. The molecule has 6 aliphatic heterocycles. The van der Waals surface area contributed by atoms with E-state index >= 15 is 0 Å². The molecule has 8 heterocycles. The fourth-order valence-electron chi connectivity index (χ4n) is 15.9. The molecule has 8 aromatic carbocycles. The molecule has 24 nitrogen and oxygen atoms in total. The lowest BCUT2D eigenvalue weighted by Gasteiger charge is -2.40. The lowest BCUT2D eigenvalue weighted by Crippen LogP contribution is -2.49. The van der Waals surface area contributed by atoms with E-state index in [2.05, 4.69) is 19.3 Å². The molecule has 622 valence electrons. The van der Waals surface area contributed by atoms with Crippen LogP contribution in [0, 0.1) is 6.92 Å². The summed E-state index contributed by atoms with van der Waals surface area (Å²) in [5, 5.41) is 0.0728. The van der Waals surface area contributed by atoms with Gasteiger partial charge in [0, 0.05) is 84.3 Å². The average molecular weight is 1730 g/mol. The first-order valence-electron chi connectivity index (χ1n) is 39.4. The summed E-state index contributed by atoms with van der Waals surface area (Å²) in [6.45, 7) is 5.46. The van der Waals surface area contributed by atoms with E-state index in [1.165, 1.54) is 51.1 Å². The highest BCUT2D eigenvalue weighted by molar-refractivity contribution is 8.54. The molecule has 6 aliphatic rings. The SMILES string of the molecule is COc1ccc(C(OC[C@@]23COC([C@H](n4cc(C)c(=O)[nH]c4=O)O2)[C@H]3OP(SCCSC(=O)c2ccccc2)N2CCCC2)(c2ccccc2)c2ccc(OC)cc2)cc1.COc1ccc(C(OC[C@@]23COC([C@H](n4ccc(=O)[nH]c4=O)O2)[C@H]3OP(SCCSC(=O)c2ccccc2)N2CCCC2)(c2ccccc2)c2ccc(OC)cc2)cc1. The number of carbonyl (C=O) groups is 2. The minimum absolute atomic E-state index is 0.00394. The van der Waals surface area contributed by atoms with Gasteiger partial charge in [0.25, 0.3) is 11.1 Å². The van der Waals surface area contributed by atoms with Gasteiger partial charge in [-0.05, 0) is 115 Å². The minimum atomic E-state index is -1.25. The van der Waals surface area contributed by atoms with E-state index in [0.717, 1.165) is 85.2 Å². The Morgan fingerprint density at radius 3 is 1.15 bits per heavy atom. The van der Waals surface area contributed by atoms with Crippen molar-refractivity contribution in [1.29, 1.82) is 0 Å². The van der Waals surface area contributed by atoms with Gasteiger partial charge in [-0.1, -0.05) is 216 Å². The van der Waals surface area contributed by atoms with E-state index in [4.69, 9.17) is 56.4 Å². The molecule has 119 heavy (non-hydrogen) atoms. The van der Waals surface area contributed by atoms with Gasteiger partial charge in [-0.25, -0.2) is 9.59 Å². The maximum Gasteiger partial charge on any atom is 0.330 e. The van der Waals surface area contributed by atoms with Gasteiger partial charge >= 0.3 is 11.4 Å². The molecule has 0 spiro atoms. The van der Waals surface area contributed by atoms with Crippen LogP contribution in [-0.2, 0) is 48.7 Å². The number of thioether (sulfide) groups is 2. The number of hydrogen-bond acceptors (Lipinski definition) is 24. The molecule has 30 heteroatoms. The molecule has 10 atom stereocenters. The second kappa shape index (κ2) is 39.1. The first kappa shape index (κ1) is 85.5. The van der Waals surface area contributed by atoms with Gasteiger partial charge in [0.15, 0.2) is 27.5 Å². The topological polar surface area (TPSA) is 261 Å². The second-order valence-corrected chi connectivity index (χ2v) is 38.7. The molecule has 0 amide bonds. The summed E-state index contributed by atoms with van der Waals surface area (Å²) < 4.78 is 86.2. The summed E-state index contributed by atoms with van der Waals surface area (Å²) in [7, 11) is 4.04. The highest BCUT2D eigenvalue weighted by Crippen LogP contribution is 2.63. The van der Waals surface area contributed by atoms with Crippen LogP contribution in [0.15, 0.2) is 256 Å². The number of benzene rings is 8. The largest absolute Gasteiger partial charge is 0.497 e. The van der Waals surface area contributed by atoms with Crippen LogP contribution in [0.1, 0.15) is 97.8 Å². The van der Waals surface area contributed by atoms with Crippen LogP contribution in [0.4, 0.5) is 0 Å². The molecular formula is C89H94N6O18P2S4. The van der Waals surface area contributed by atoms with Crippen LogP contribution in [0.3, 0.4) is 0 Å². The fraction of sp³-hybridized carbons (Fsp3) is 0.348. The Kier molecular flexibility index (Phi) is 28.1. The zero-order chi connectivity index (χ0) is 82.5. The molecule has 0 aliphatic carbocycles. The average Bonchev–Trinajstić information content (AvgIpc) is 1.56. The lowest BCUT2D eigenvalue weighted by molar-refractivity contribution is -0.203. The van der Waals surface area contributed by atoms with Crippen LogP contribution in [-0.4, -0.2) is 178 Å². The fourth-order valence-corrected chi connectivity index (χ4v) is 26.5. The van der Waals surface area contributed by atoms with Crippen LogP contribution in [0.25, 0.3) is 0 Å². The van der Waals surface area contributed by atoms with Gasteiger partial charge in [-0.3, -0.25) is 47.6 Å². The van der Waals surface area contributed by atoms with Crippen molar-refractivity contribution in [3.05, 3.63) is 329 Å². The monoisotopic (exact) mass is 1720 g/mol. The van der Waals surface area contributed by atoms with Crippen molar-refractivity contribution in [2.45, 2.75) is 91.9 Å². The summed E-state index contributed by atoms with van der Waals surface area (Å²) in [6, 6.07) is 71.2. The van der Waals surface area contributed by atoms with Gasteiger partial charge in [0.2, 0.25) is 10.2 Å². The van der Waals surface area contributed by atoms with Crippen molar-refractivity contribution < 1.29 is 66.0 Å². The number of nitrogens with one attached hydrogen (secondary N) is 2. The molecule has 6 fully saturated rings. The van der Waals surface area contributed by atoms with E-state index in [9.17, 15) is 28.8 Å². The molecule has 6 saturated heterocycles. The lowest BCUT2D eigenvalue weighted by atomic mass is 9.79. The third-order valence-electron chi connectivity index (χ3n) is 22.0. The highest BCUT2D eigenvalue weighted by atomic mass is 32.7. The van der Waals surface area contributed by atoms with Crippen molar-refractivity contribution in [2.75, 3.05) is 104 Å². The zero-order valence-corrected chi connectivity index (χ0v) is 71.5. The summed E-state index contributed by atoms with van der Waals surface area (Å²) >= 11 is 6.01. The number of aromatic nitrogens is 4. The molecule has 16 rings (SSSR count). The zero-order valence-electron chi connectivity index (χ0n) is 66.5. The summed E-state index contributed by atoms with van der Waals surface area (Å²) in [5.41, 5.74) is 0.00452. The van der Waals surface area contributed by atoms with Crippen LogP contribution in [0.2, 0.25) is 0 Å². The minimum Gasteiger partial charge on any atom is -0.497 e. The Morgan fingerprint density at radius 1 is 0.445 bits per heavy atom. The molecule has 2 aromatic heterocycles. The van der Waals surface area contributed by atoms with E-state index in [0.29, 0.717) is 62.7 Å². The number of ether oxygens (including phenoxy) is 10. The predicted octanol–water partition coefficient (Wildman–Crippen LogP) is 14.8. The van der Waals surface area contributed by atoms with E-state index in [1.807, 2.05) is 218 Å². The van der Waals surface area contributed by atoms with Gasteiger partial charge in [0.05, 0.1) is 54.9 Å². The van der Waals surface area contributed by atoms with Crippen molar-refractivity contribution >= 4 is 71.5 Å². The maximum absolute atomic E-state index is 13.4. The molecule has 0 saturated carbocycles. The molecule has 2 N–H and O–H groups in total. The number of carbonyl (C=O) groups excluding carboxylic acids is 2. The van der Waals surface area contributed by atoms with Gasteiger partial charge in [-0.15, -0.1) is 0 Å². The number of nitrogens with zero attached hydrogens (tertiary/aromatic N) is 4. The number of aromatic amines is 2. The quantitative estimate of drug-likeness (QED) is 0.0216.